The lowest BCUT2D eigenvalue weighted by molar-refractivity contribution is 1.29. The van der Waals surface area contributed by atoms with Gasteiger partial charge in [0.1, 0.15) is 0 Å². The number of hydrogen-bond acceptors (Lipinski definition) is 2. The Hall–Kier alpha value is -7.16. The molecule has 9 aromatic carbocycles. The molecule has 0 unspecified atom stereocenters. The first-order valence-corrected chi connectivity index (χ1v) is 18.5. The molecule has 0 aliphatic heterocycles. The molecular weight excluding hydrogens is 653 g/mol. The number of benzene rings is 9. The average molecular weight is 685 g/mol. The highest BCUT2D eigenvalue weighted by Gasteiger charge is 2.19. The van der Waals surface area contributed by atoms with Gasteiger partial charge in [0.2, 0.25) is 0 Å². The zero-order valence-corrected chi connectivity index (χ0v) is 29.4. The third kappa shape index (κ3) is 4.88. The molecule has 0 saturated carbocycles. The van der Waals surface area contributed by atoms with E-state index in [1.54, 1.807) is 0 Å². The van der Waals surface area contributed by atoms with Crippen LogP contribution in [0.5, 0.6) is 0 Å². The van der Waals surface area contributed by atoms with Gasteiger partial charge in [0, 0.05) is 22.5 Å². The average Bonchev–Trinajstić information content (AvgIpc) is 3.25. The molecule has 0 fully saturated rings. The Morgan fingerprint density at radius 2 is 0.796 bits per heavy atom. The minimum absolute atomic E-state index is 0.864. The third-order valence-corrected chi connectivity index (χ3v) is 11.0. The van der Waals surface area contributed by atoms with Crippen LogP contribution in [-0.2, 0) is 0 Å². The number of rotatable bonds is 4. The van der Waals surface area contributed by atoms with E-state index in [1.807, 2.05) is 12.3 Å². The molecule has 2 nitrogen and oxygen atoms in total. The molecule has 0 saturated heterocycles. The zero-order chi connectivity index (χ0) is 35.6. The van der Waals surface area contributed by atoms with E-state index >= 15 is 0 Å². The summed E-state index contributed by atoms with van der Waals surface area (Å²) >= 11 is 0. The summed E-state index contributed by atoms with van der Waals surface area (Å²) in [5.41, 5.74) is 9.85. The smallest absolute Gasteiger partial charge is 0.0972 e. The van der Waals surface area contributed by atoms with Crippen LogP contribution in [0.2, 0.25) is 0 Å². The molecule has 0 atom stereocenters. The highest BCUT2D eigenvalue weighted by Crippen LogP contribution is 2.46. The quantitative estimate of drug-likeness (QED) is 0.136. The maximum atomic E-state index is 5.11. The van der Waals surface area contributed by atoms with E-state index in [1.165, 1.54) is 70.7 Å². The number of pyridine rings is 2. The molecule has 2 heteroatoms. The molecule has 0 aliphatic rings. The van der Waals surface area contributed by atoms with E-state index in [-0.39, 0.29) is 0 Å². The molecule has 2 heterocycles. The van der Waals surface area contributed by atoms with Crippen molar-refractivity contribution in [1.29, 1.82) is 0 Å². The van der Waals surface area contributed by atoms with Crippen molar-refractivity contribution < 1.29 is 0 Å². The van der Waals surface area contributed by atoms with Crippen molar-refractivity contribution in [2.45, 2.75) is 0 Å². The van der Waals surface area contributed by atoms with Crippen molar-refractivity contribution in [1.82, 2.24) is 9.97 Å². The van der Waals surface area contributed by atoms with Crippen LogP contribution in [0, 0.1) is 0 Å². The minimum Gasteiger partial charge on any atom is -0.254 e. The summed E-state index contributed by atoms with van der Waals surface area (Å²) in [7, 11) is 0. The van der Waals surface area contributed by atoms with Crippen molar-refractivity contribution in [3.8, 4) is 44.8 Å². The van der Waals surface area contributed by atoms with Crippen LogP contribution in [0.1, 0.15) is 0 Å². The number of fused-ring (bicyclic) bond motifs is 7. The molecule has 11 aromatic rings. The first kappa shape index (κ1) is 30.5. The van der Waals surface area contributed by atoms with Crippen molar-refractivity contribution >= 4 is 64.8 Å². The predicted molar refractivity (Wildman–Crippen MR) is 229 cm³/mol. The van der Waals surface area contributed by atoms with Crippen LogP contribution < -0.4 is 0 Å². The first-order chi connectivity index (χ1) is 26.8. The molecule has 0 spiro atoms. The number of para-hydroxylation sites is 1. The lowest BCUT2D eigenvalue weighted by Gasteiger charge is -2.19. The second-order valence-corrected chi connectivity index (χ2v) is 14.1. The molecule has 2 aromatic heterocycles. The lowest BCUT2D eigenvalue weighted by atomic mass is 9.84. The van der Waals surface area contributed by atoms with Crippen molar-refractivity contribution in [3.05, 3.63) is 194 Å². The Kier molecular flexibility index (Phi) is 6.90. The Balaban J connectivity index is 1.14. The SMILES string of the molecule is c1ccc2cc(-c3c4ccccc4c(-c4ccc5ccccc5c4)c4cc(-c5ccc(-c6nc7ccccc7c7ccccc67)nc5)ccc34)ccc2c1. The van der Waals surface area contributed by atoms with Gasteiger partial charge in [-0.3, -0.25) is 4.98 Å². The van der Waals surface area contributed by atoms with Gasteiger partial charge < -0.3 is 0 Å². The Bertz CT molecular complexity index is 3270. The molecule has 250 valence electrons. The van der Waals surface area contributed by atoms with E-state index in [9.17, 15) is 0 Å². The van der Waals surface area contributed by atoms with Gasteiger partial charge >= 0.3 is 0 Å². The summed E-state index contributed by atoms with van der Waals surface area (Å²) in [6.07, 6.45) is 2.00. The number of aromatic nitrogens is 2. The monoisotopic (exact) mass is 684 g/mol. The molecular formula is C52H32N2. The second-order valence-electron chi connectivity index (χ2n) is 14.1. The van der Waals surface area contributed by atoms with Crippen LogP contribution in [0.25, 0.3) is 110 Å². The second kappa shape index (κ2) is 12.2. The van der Waals surface area contributed by atoms with Gasteiger partial charge in [0.05, 0.1) is 16.9 Å². The number of hydrogen-bond donors (Lipinski definition) is 0. The molecule has 54 heavy (non-hydrogen) atoms. The minimum atomic E-state index is 0.864. The first-order valence-electron chi connectivity index (χ1n) is 18.5. The molecule has 0 amide bonds. The fourth-order valence-corrected chi connectivity index (χ4v) is 8.47. The highest BCUT2D eigenvalue weighted by atomic mass is 14.8. The topological polar surface area (TPSA) is 25.8 Å². The van der Waals surface area contributed by atoms with Crippen LogP contribution in [0.4, 0.5) is 0 Å². The van der Waals surface area contributed by atoms with E-state index in [0.717, 1.165) is 38.8 Å². The fraction of sp³-hybridized carbons (Fsp3) is 0. The molecule has 0 radical (unpaired) electrons. The predicted octanol–water partition coefficient (Wildman–Crippen LogP) is 14.1. The zero-order valence-electron chi connectivity index (χ0n) is 29.4. The van der Waals surface area contributed by atoms with Crippen LogP contribution in [0.15, 0.2) is 194 Å². The van der Waals surface area contributed by atoms with Crippen molar-refractivity contribution in [2.24, 2.45) is 0 Å². The third-order valence-electron chi connectivity index (χ3n) is 11.0. The van der Waals surface area contributed by atoms with Crippen molar-refractivity contribution in [2.75, 3.05) is 0 Å². The molecule has 0 bridgehead atoms. The standard InChI is InChI=1S/C52H32N2/c1-3-13-35-29-38(23-21-33(35)11-1)50-43-17-6-7-18-44(43)51(39-24-22-34-12-2-4-14-36(34)30-39)47-31-37(25-27-45(47)50)40-26-28-49(53-32-40)52-46-19-8-5-15-41(46)42-16-9-10-20-48(42)54-52/h1-32H. The van der Waals surface area contributed by atoms with Gasteiger partial charge in [-0.25, -0.2) is 4.98 Å². The Morgan fingerprint density at radius 1 is 0.296 bits per heavy atom. The summed E-state index contributed by atoms with van der Waals surface area (Å²) in [6, 6.07) is 68.0. The summed E-state index contributed by atoms with van der Waals surface area (Å²) in [5, 5.41) is 13.3. The summed E-state index contributed by atoms with van der Waals surface area (Å²) < 4.78 is 0. The van der Waals surface area contributed by atoms with E-state index in [2.05, 4.69) is 182 Å². The normalized spacial score (nSPS) is 11.7. The van der Waals surface area contributed by atoms with Gasteiger partial charge in [-0.15, -0.1) is 0 Å². The van der Waals surface area contributed by atoms with Crippen LogP contribution in [-0.4, -0.2) is 9.97 Å². The van der Waals surface area contributed by atoms with Gasteiger partial charge in [-0.1, -0.05) is 158 Å². The molecule has 0 aliphatic carbocycles. The van der Waals surface area contributed by atoms with E-state index in [4.69, 9.17) is 9.97 Å². The fourth-order valence-electron chi connectivity index (χ4n) is 8.47. The van der Waals surface area contributed by atoms with Gasteiger partial charge in [0.25, 0.3) is 0 Å². The lowest BCUT2D eigenvalue weighted by Crippen LogP contribution is -1.93. The maximum Gasteiger partial charge on any atom is 0.0972 e. The van der Waals surface area contributed by atoms with Gasteiger partial charge in [-0.05, 0) is 107 Å². The molecule has 11 rings (SSSR count). The van der Waals surface area contributed by atoms with E-state index in [0.29, 0.717) is 0 Å². The summed E-state index contributed by atoms with van der Waals surface area (Å²) in [6.45, 7) is 0. The van der Waals surface area contributed by atoms with E-state index < -0.39 is 0 Å². The Labute approximate surface area is 312 Å². The summed E-state index contributed by atoms with van der Waals surface area (Å²) in [4.78, 5) is 10.2. The molecule has 0 N–H and O–H groups in total. The largest absolute Gasteiger partial charge is 0.254 e. The van der Waals surface area contributed by atoms with Crippen molar-refractivity contribution in [3.63, 3.8) is 0 Å². The Morgan fingerprint density at radius 3 is 1.44 bits per heavy atom. The highest BCUT2D eigenvalue weighted by molar-refractivity contribution is 6.22. The van der Waals surface area contributed by atoms with Gasteiger partial charge in [0.15, 0.2) is 0 Å². The van der Waals surface area contributed by atoms with Crippen LogP contribution in [0.3, 0.4) is 0 Å². The maximum absolute atomic E-state index is 5.11. The summed E-state index contributed by atoms with van der Waals surface area (Å²) in [5.74, 6) is 0. The van der Waals surface area contributed by atoms with Crippen LogP contribution >= 0.6 is 0 Å². The van der Waals surface area contributed by atoms with Gasteiger partial charge in [-0.2, -0.15) is 0 Å². The number of nitrogens with zero attached hydrogens (tertiary/aromatic N) is 2.